The number of likely N-dealkylation sites (tertiary alicyclic amines) is 1. The molecule has 1 aliphatic carbocycles. The van der Waals surface area contributed by atoms with E-state index in [1.54, 1.807) is 0 Å². The maximum Gasteiger partial charge on any atom is 0.0995 e. The largest absolute Gasteiger partial charge is 0.381 e. The predicted octanol–water partition coefficient (Wildman–Crippen LogP) is 3.34. The Bertz CT molecular complexity index is 536. The fourth-order valence-electron chi connectivity index (χ4n) is 4.34. The lowest BCUT2D eigenvalue weighted by Crippen LogP contribution is -2.47. The molecule has 0 unspecified atom stereocenters. The summed E-state index contributed by atoms with van der Waals surface area (Å²) >= 11 is 0. The molecule has 2 atom stereocenters. The zero-order valence-corrected chi connectivity index (χ0v) is 12.8. The lowest BCUT2D eigenvalue weighted by molar-refractivity contribution is -0.0366. The molecule has 3 heteroatoms. The van der Waals surface area contributed by atoms with Gasteiger partial charge in [0.1, 0.15) is 0 Å². The van der Waals surface area contributed by atoms with Gasteiger partial charge in [-0.05, 0) is 43.9 Å². The minimum atomic E-state index is 0.356. The lowest BCUT2D eigenvalue weighted by Gasteiger charge is -2.43. The van der Waals surface area contributed by atoms with Gasteiger partial charge in [-0.3, -0.25) is 4.90 Å². The molecule has 1 aromatic rings. The van der Waals surface area contributed by atoms with E-state index in [4.69, 9.17) is 4.74 Å². The monoisotopic (exact) mass is 284 g/mol. The number of nitriles is 1. The molecule has 1 aliphatic heterocycles. The fourth-order valence-corrected chi connectivity index (χ4v) is 4.34. The summed E-state index contributed by atoms with van der Waals surface area (Å²) < 4.78 is 5.77. The zero-order valence-electron chi connectivity index (χ0n) is 12.8. The van der Waals surface area contributed by atoms with Crippen LogP contribution in [0.3, 0.4) is 0 Å². The maximum atomic E-state index is 9.24. The van der Waals surface area contributed by atoms with Crippen molar-refractivity contribution in [2.24, 2.45) is 5.41 Å². The topological polar surface area (TPSA) is 36.3 Å². The van der Waals surface area contributed by atoms with Crippen molar-refractivity contribution in [3.63, 3.8) is 0 Å². The molecule has 1 saturated heterocycles. The molecule has 1 heterocycles. The SMILES string of the molecule is CO[C@@H]1CCC[C@@]12CCCN(Cc1ccccc1C#N)C2. The van der Waals surface area contributed by atoms with E-state index in [0.717, 1.165) is 30.8 Å². The molecular formula is C18H24N2O. The molecule has 0 amide bonds. The van der Waals surface area contributed by atoms with E-state index in [1.165, 1.54) is 32.1 Å². The van der Waals surface area contributed by atoms with Crippen LogP contribution in [0.15, 0.2) is 24.3 Å². The molecule has 2 aliphatic rings. The van der Waals surface area contributed by atoms with Gasteiger partial charge in [-0.1, -0.05) is 24.6 Å². The summed E-state index contributed by atoms with van der Waals surface area (Å²) in [6.07, 6.45) is 6.75. The van der Waals surface area contributed by atoms with Crippen molar-refractivity contribution in [3.05, 3.63) is 35.4 Å². The standard InChI is InChI=1S/C18H24N2O/c1-21-17-8-4-9-18(17)10-5-11-20(14-18)13-16-7-3-2-6-15(16)12-19/h2-3,6-7,17H,4-5,8-11,13-14H2,1H3/t17-,18+/m1/s1. The van der Waals surface area contributed by atoms with Crippen molar-refractivity contribution in [2.45, 2.75) is 44.8 Å². The average molecular weight is 284 g/mol. The third-order valence-electron chi connectivity index (χ3n) is 5.33. The Hall–Kier alpha value is -1.37. The summed E-state index contributed by atoms with van der Waals surface area (Å²) in [4.78, 5) is 2.52. The first-order valence-electron chi connectivity index (χ1n) is 8.00. The van der Waals surface area contributed by atoms with Gasteiger partial charge >= 0.3 is 0 Å². The summed E-state index contributed by atoms with van der Waals surface area (Å²) in [6, 6.07) is 10.3. The first kappa shape index (κ1) is 14.6. The second-order valence-corrected chi connectivity index (χ2v) is 6.56. The molecule has 0 bridgehead atoms. The normalized spacial score (nSPS) is 29.6. The van der Waals surface area contributed by atoms with Crippen LogP contribution in [0.4, 0.5) is 0 Å². The summed E-state index contributed by atoms with van der Waals surface area (Å²) in [5.41, 5.74) is 2.32. The Morgan fingerprint density at radius 1 is 1.33 bits per heavy atom. The van der Waals surface area contributed by atoms with Crippen LogP contribution in [-0.4, -0.2) is 31.2 Å². The first-order chi connectivity index (χ1) is 10.3. The molecule has 1 aromatic carbocycles. The number of benzene rings is 1. The number of hydrogen-bond donors (Lipinski definition) is 0. The molecule has 3 nitrogen and oxygen atoms in total. The minimum Gasteiger partial charge on any atom is -0.381 e. The molecular weight excluding hydrogens is 260 g/mol. The molecule has 112 valence electrons. The highest BCUT2D eigenvalue weighted by Crippen LogP contribution is 2.46. The molecule has 0 radical (unpaired) electrons. The minimum absolute atomic E-state index is 0.356. The molecule has 1 spiro atoms. The maximum absolute atomic E-state index is 9.24. The van der Waals surface area contributed by atoms with Crippen LogP contribution < -0.4 is 0 Å². The van der Waals surface area contributed by atoms with E-state index in [0.29, 0.717) is 11.5 Å². The number of nitrogens with zero attached hydrogens (tertiary/aromatic N) is 2. The van der Waals surface area contributed by atoms with E-state index >= 15 is 0 Å². The lowest BCUT2D eigenvalue weighted by atomic mass is 9.76. The molecule has 1 saturated carbocycles. The van der Waals surface area contributed by atoms with Crippen LogP contribution in [0.2, 0.25) is 0 Å². The van der Waals surface area contributed by atoms with Gasteiger partial charge in [0, 0.05) is 25.6 Å². The van der Waals surface area contributed by atoms with Crippen molar-refractivity contribution in [3.8, 4) is 6.07 Å². The van der Waals surface area contributed by atoms with Gasteiger partial charge < -0.3 is 4.74 Å². The first-order valence-corrected chi connectivity index (χ1v) is 8.00. The highest BCUT2D eigenvalue weighted by Gasteiger charge is 2.45. The van der Waals surface area contributed by atoms with E-state index in [-0.39, 0.29) is 0 Å². The van der Waals surface area contributed by atoms with Crippen LogP contribution in [-0.2, 0) is 11.3 Å². The summed E-state index contributed by atoms with van der Waals surface area (Å²) in [5, 5.41) is 9.24. The second kappa shape index (κ2) is 6.17. The number of hydrogen-bond acceptors (Lipinski definition) is 3. The predicted molar refractivity (Wildman–Crippen MR) is 82.7 cm³/mol. The van der Waals surface area contributed by atoms with E-state index < -0.39 is 0 Å². The van der Waals surface area contributed by atoms with Crippen LogP contribution in [0.1, 0.15) is 43.2 Å². The number of methoxy groups -OCH3 is 1. The Balaban J connectivity index is 1.74. The van der Waals surface area contributed by atoms with Crippen LogP contribution >= 0.6 is 0 Å². The van der Waals surface area contributed by atoms with Crippen molar-refractivity contribution in [1.82, 2.24) is 4.90 Å². The quantitative estimate of drug-likeness (QED) is 0.854. The second-order valence-electron chi connectivity index (χ2n) is 6.56. The highest BCUT2D eigenvalue weighted by atomic mass is 16.5. The number of rotatable bonds is 3. The van der Waals surface area contributed by atoms with E-state index in [1.807, 2.05) is 25.3 Å². The molecule has 2 fully saturated rings. The summed E-state index contributed by atoms with van der Waals surface area (Å²) in [6.45, 7) is 3.14. The molecule has 0 N–H and O–H groups in total. The van der Waals surface area contributed by atoms with Gasteiger partial charge in [0.05, 0.1) is 17.7 Å². The van der Waals surface area contributed by atoms with Crippen molar-refractivity contribution < 1.29 is 4.74 Å². The third kappa shape index (κ3) is 2.84. The van der Waals surface area contributed by atoms with Gasteiger partial charge in [0.15, 0.2) is 0 Å². The van der Waals surface area contributed by atoms with E-state index in [2.05, 4.69) is 17.0 Å². The van der Waals surface area contributed by atoms with Crippen molar-refractivity contribution in [2.75, 3.05) is 20.2 Å². The Morgan fingerprint density at radius 3 is 2.95 bits per heavy atom. The number of ether oxygens (including phenoxy) is 1. The molecule has 21 heavy (non-hydrogen) atoms. The summed E-state index contributed by atoms with van der Waals surface area (Å²) in [5.74, 6) is 0. The van der Waals surface area contributed by atoms with Crippen molar-refractivity contribution >= 4 is 0 Å². The highest BCUT2D eigenvalue weighted by molar-refractivity contribution is 5.37. The molecule has 3 rings (SSSR count). The third-order valence-corrected chi connectivity index (χ3v) is 5.33. The molecule has 0 aromatic heterocycles. The zero-order chi connectivity index (χ0) is 14.7. The Morgan fingerprint density at radius 2 is 2.14 bits per heavy atom. The van der Waals surface area contributed by atoms with Crippen LogP contribution in [0.5, 0.6) is 0 Å². The number of piperidine rings is 1. The van der Waals surface area contributed by atoms with Crippen molar-refractivity contribution in [1.29, 1.82) is 5.26 Å². The Labute approximate surface area is 127 Å². The summed E-state index contributed by atoms with van der Waals surface area (Å²) in [7, 11) is 1.86. The van der Waals surface area contributed by atoms with E-state index in [9.17, 15) is 5.26 Å². The van der Waals surface area contributed by atoms with Gasteiger partial charge in [0.2, 0.25) is 0 Å². The Kier molecular flexibility index (Phi) is 4.28. The van der Waals surface area contributed by atoms with Gasteiger partial charge in [-0.25, -0.2) is 0 Å². The van der Waals surface area contributed by atoms with Crippen LogP contribution in [0, 0.1) is 16.7 Å². The smallest absolute Gasteiger partial charge is 0.0995 e. The van der Waals surface area contributed by atoms with Crippen LogP contribution in [0.25, 0.3) is 0 Å². The van der Waals surface area contributed by atoms with Gasteiger partial charge in [-0.15, -0.1) is 0 Å². The fraction of sp³-hybridized carbons (Fsp3) is 0.611. The average Bonchev–Trinajstić information content (AvgIpc) is 2.90. The van der Waals surface area contributed by atoms with Gasteiger partial charge in [-0.2, -0.15) is 5.26 Å². The van der Waals surface area contributed by atoms with Gasteiger partial charge in [0.25, 0.3) is 0 Å².